The molecule has 0 unspecified atom stereocenters. The lowest BCUT2D eigenvalue weighted by Crippen LogP contribution is -2.44. The van der Waals surface area contributed by atoms with Crippen LogP contribution >= 0.6 is 0 Å². The third kappa shape index (κ3) is 4.83. The zero-order chi connectivity index (χ0) is 24.6. The zero-order valence-electron chi connectivity index (χ0n) is 19.7. The molecule has 0 aromatic heterocycles. The summed E-state index contributed by atoms with van der Waals surface area (Å²) in [6.07, 6.45) is 5.60. The summed E-state index contributed by atoms with van der Waals surface area (Å²) in [7, 11) is 1.32. The van der Waals surface area contributed by atoms with E-state index in [0.717, 1.165) is 36.3 Å². The lowest BCUT2D eigenvalue weighted by Gasteiger charge is -2.25. The Bertz CT molecular complexity index is 1110. The second kappa shape index (κ2) is 9.47. The van der Waals surface area contributed by atoms with Gasteiger partial charge in [-0.1, -0.05) is 18.6 Å². The number of benzene rings is 2. The fourth-order valence-corrected chi connectivity index (χ4v) is 5.13. The monoisotopic (exact) mass is 484 g/mol. The molecule has 1 aliphatic heterocycles. The molecule has 6 nitrogen and oxygen atoms in total. The van der Waals surface area contributed by atoms with Crippen molar-refractivity contribution in [3.63, 3.8) is 0 Å². The van der Waals surface area contributed by atoms with E-state index >= 15 is 0 Å². The number of halogens is 2. The van der Waals surface area contributed by atoms with Crippen molar-refractivity contribution in [2.45, 2.75) is 55.9 Å². The summed E-state index contributed by atoms with van der Waals surface area (Å²) >= 11 is 0. The third-order valence-electron chi connectivity index (χ3n) is 7.67. The van der Waals surface area contributed by atoms with Gasteiger partial charge in [0.25, 0.3) is 0 Å². The van der Waals surface area contributed by atoms with Crippen LogP contribution in [0.25, 0.3) is 0 Å². The third-order valence-corrected chi connectivity index (χ3v) is 7.67. The molecule has 2 aromatic carbocycles. The second-order valence-corrected chi connectivity index (χ2v) is 9.99. The topological polar surface area (TPSA) is 76.7 Å². The van der Waals surface area contributed by atoms with Crippen LogP contribution in [0.3, 0.4) is 0 Å². The molecule has 2 N–H and O–H groups in total. The number of carbonyl (C=O) groups excluding carboxylic acids is 2. The molecule has 1 heterocycles. The first-order chi connectivity index (χ1) is 16.9. The van der Waals surface area contributed by atoms with Gasteiger partial charge in [-0.15, -0.1) is 0 Å². The van der Waals surface area contributed by atoms with Gasteiger partial charge in [-0.25, -0.2) is 8.78 Å². The molecule has 35 heavy (non-hydrogen) atoms. The highest BCUT2D eigenvalue weighted by Gasteiger charge is 2.47. The number of carbonyl (C=O) groups is 2. The largest absolute Gasteiger partial charge is 0.497 e. The van der Waals surface area contributed by atoms with E-state index in [2.05, 4.69) is 10.6 Å². The van der Waals surface area contributed by atoms with Crippen molar-refractivity contribution < 1.29 is 27.8 Å². The van der Waals surface area contributed by atoms with E-state index < -0.39 is 29.5 Å². The SMILES string of the molecule is COc1cc(F)c([C@@H]2CNC(=O)[C@H]2NC(=O)CC2(c3cccc(OCC4CCC4)c3)CC2)c(F)c1. The molecule has 2 atom stereocenters. The Hall–Kier alpha value is -3.16. The van der Waals surface area contributed by atoms with Crippen LogP contribution in [0.1, 0.15) is 55.6 Å². The lowest BCUT2D eigenvalue weighted by atomic mass is 9.86. The van der Waals surface area contributed by atoms with Gasteiger partial charge < -0.3 is 20.1 Å². The number of ether oxygens (including phenoxy) is 2. The Morgan fingerprint density at radius 3 is 2.51 bits per heavy atom. The summed E-state index contributed by atoms with van der Waals surface area (Å²) in [4.78, 5) is 25.5. The van der Waals surface area contributed by atoms with Crippen molar-refractivity contribution >= 4 is 11.8 Å². The normalized spacial score (nSPS) is 22.8. The van der Waals surface area contributed by atoms with Gasteiger partial charge in [0.05, 0.1) is 13.7 Å². The number of hydrogen-bond acceptors (Lipinski definition) is 4. The quantitative estimate of drug-likeness (QED) is 0.565. The van der Waals surface area contributed by atoms with Crippen LogP contribution in [0.2, 0.25) is 0 Å². The predicted molar refractivity (Wildman–Crippen MR) is 125 cm³/mol. The van der Waals surface area contributed by atoms with Crippen molar-refractivity contribution in [3.05, 3.63) is 59.2 Å². The van der Waals surface area contributed by atoms with E-state index in [1.165, 1.54) is 26.4 Å². The summed E-state index contributed by atoms with van der Waals surface area (Å²) in [6.45, 7) is 0.753. The first kappa shape index (κ1) is 23.6. The van der Waals surface area contributed by atoms with Gasteiger partial charge in [0, 0.05) is 42.0 Å². The van der Waals surface area contributed by atoms with Gasteiger partial charge in [-0.05, 0) is 49.3 Å². The van der Waals surface area contributed by atoms with E-state index in [-0.39, 0.29) is 35.6 Å². The Morgan fingerprint density at radius 2 is 1.89 bits per heavy atom. The number of rotatable bonds is 9. The molecule has 5 rings (SSSR count). The van der Waals surface area contributed by atoms with Crippen LogP contribution < -0.4 is 20.1 Å². The molecule has 0 radical (unpaired) electrons. The van der Waals surface area contributed by atoms with Gasteiger partial charge in [-0.2, -0.15) is 0 Å². The smallest absolute Gasteiger partial charge is 0.243 e. The van der Waals surface area contributed by atoms with Gasteiger partial charge in [0.2, 0.25) is 11.8 Å². The van der Waals surface area contributed by atoms with E-state index in [9.17, 15) is 18.4 Å². The fraction of sp³-hybridized carbons (Fsp3) is 0.481. The van der Waals surface area contributed by atoms with E-state index in [1.54, 1.807) is 0 Å². The number of amides is 2. The van der Waals surface area contributed by atoms with Gasteiger partial charge in [-0.3, -0.25) is 9.59 Å². The maximum absolute atomic E-state index is 14.7. The predicted octanol–water partition coefficient (Wildman–Crippen LogP) is 3.97. The van der Waals surface area contributed by atoms with Gasteiger partial charge >= 0.3 is 0 Å². The molecular weight excluding hydrogens is 454 g/mol. The highest BCUT2D eigenvalue weighted by molar-refractivity contribution is 5.91. The minimum Gasteiger partial charge on any atom is -0.497 e. The first-order valence-corrected chi connectivity index (χ1v) is 12.2. The Morgan fingerprint density at radius 1 is 1.14 bits per heavy atom. The fourth-order valence-electron chi connectivity index (χ4n) is 5.13. The molecule has 2 amide bonds. The van der Waals surface area contributed by atoms with E-state index in [1.807, 2.05) is 24.3 Å². The minimum atomic E-state index is -1.05. The lowest BCUT2D eigenvalue weighted by molar-refractivity contribution is -0.127. The Balaban J connectivity index is 1.27. The molecule has 186 valence electrons. The standard InChI is InChI=1S/C27H30F2N2O4/c1-34-19-11-21(28)24(22(29)12-19)20-14-30-26(33)25(20)31-23(32)13-27(8-9-27)17-6-3-7-18(10-17)35-15-16-4-2-5-16/h3,6-7,10-12,16,20,25H,2,4-5,8-9,13-15H2,1H3,(H,30,33)(H,31,32)/t20-,25-/m0/s1. The summed E-state index contributed by atoms with van der Waals surface area (Å²) in [5, 5.41) is 5.37. The molecule has 2 aromatic rings. The number of nitrogens with one attached hydrogen (secondary N) is 2. The Labute approximate surface area is 203 Å². The number of methoxy groups -OCH3 is 1. The van der Waals surface area contributed by atoms with Crippen LogP contribution in [-0.2, 0) is 15.0 Å². The Kier molecular flexibility index (Phi) is 6.38. The summed E-state index contributed by atoms with van der Waals surface area (Å²) < 4.78 is 40.2. The minimum absolute atomic E-state index is 0.0372. The van der Waals surface area contributed by atoms with Crippen LogP contribution in [0.4, 0.5) is 8.78 Å². The van der Waals surface area contributed by atoms with Crippen LogP contribution in [0, 0.1) is 17.6 Å². The van der Waals surface area contributed by atoms with Gasteiger partial charge in [0.15, 0.2) is 0 Å². The van der Waals surface area contributed by atoms with E-state index in [0.29, 0.717) is 12.5 Å². The van der Waals surface area contributed by atoms with Crippen LogP contribution in [-0.4, -0.2) is 38.1 Å². The summed E-state index contributed by atoms with van der Waals surface area (Å²) in [5.74, 6) is -1.74. The maximum atomic E-state index is 14.7. The summed E-state index contributed by atoms with van der Waals surface area (Å²) in [6, 6.07) is 9.00. The van der Waals surface area contributed by atoms with Crippen LogP contribution in [0.5, 0.6) is 11.5 Å². The zero-order valence-corrected chi connectivity index (χ0v) is 19.7. The van der Waals surface area contributed by atoms with Gasteiger partial charge in [0.1, 0.15) is 29.2 Å². The van der Waals surface area contributed by atoms with Crippen molar-refractivity contribution in [3.8, 4) is 11.5 Å². The molecule has 3 aliphatic rings. The van der Waals surface area contributed by atoms with Crippen molar-refractivity contribution in [2.75, 3.05) is 20.3 Å². The molecule has 0 spiro atoms. The molecule has 2 saturated carbocycles. The van der Waals surface area contributed by atoms with Crippen molar-refractivity contribution in [1.82, 2.24) is 10.6 Å². The molecule has 0 bridgehead atoms. The molecule has 8 heteroatoms. The maximum Gasteiger partial charge on any atom is 0.243 e. The second-order valence-electron chi connectivity index (χ2n) is 9.99. The molecular formula is C27H30F2N2O4. The highest BCUT2D eigenvalue weighted by Crippen LogP contribution is 2.51. The number of hydrogen-bond donors (Lipinski definition) is 2. The summed E-state index contributed by atoms with van der Waals surface area (Å²) in [5.41, 5.74) is 0.506. The molecule has 3 fully saturated rings. The first-order valence-electron chi connectivity index (χ1n) is 12.2. The van der Waals surface area contributed by atoms with E-state index in [4.69, 9.17) is 9.47 Å². The average molecular weight is 485 g/mol. The van der Waals surface area contributed by atoms with Crippen molar-refractivity contribution in [1.29, 1.82) is 0 Å². The average Bonchev–Trinajstić information content (AvgIpc) is 3.50. The molecule has 2 aliphatic carbocycles. The van der Waals surface area contributed by atoms with Crippen molar-refractivity contribution in [2.24, 2.45) is 5.92 Å². The highest BCUT2D eigenvalue weighted by atomic mass is 19.1. The molecule has 1 saturated heterocycles. The van der Waals surface area contributed by atoms with Crippen LogP contribution in [0.15, 0.2) is 36.4 Å².